The molecule has 0 aliphatic heterocycles. The molecule has 1 rings (SSSR count). The summed E-state index contributed by atoms with van der Waals surface area (Å²) in [4.78, 5) is 11.3. The maximum Gasteiger partial charge on any atom is 0.135 e. The molecule has 5 atom stereocenters. The summed E-state index contributed by atoms with van der Waals surface area (Å²) in [5.41, 5.74) is 0. The average molecular weight is 230 g/mol. The fraction of sp³-hybridized carbons (Fsp3) is 0.917. The minimum atomic E-state index is -1.20. The molecule has 0 amide bonds. The Hall–Kier alpha value is -0.450. The summed E-state index contributed by atoms with van der Waals surface area (Å²) in [6.07, 6.45) is -2.03. The first-order chi connectivity index (χ1) is 7.34. The molecule has 1 aliphatic rings. The first-order valence-corrected chi connectivity index (χ1v) is 5.89. The smallest absolute Gasteiger partial charge is 0.135 e. The van der Waals surface area contributed by atoms with Crippen LogP contribution in [0.2, 0.25) is 0 Å². The summed E-state index contributed by atoms with van der Waals surface area (Å²) in [6.45, 7) is 5.49. The van der Waals surface area contributed by atoms with Crippen molar-refractivity contribution in [1.82, 2.24) is 0 Å². The Bertz CT molecular complexity index is 251. The van der Waals surface area contributed by atoms with Gasteiger partial charge in [-0.2, -0.15) is 0 Å². The highest BCUT2D eigenvalue weighted by atomic mass is 16.4. The highest BCUT2D eigenvalue weighted by Crippen LogP contribution is 2.34. The van der Waals surface area contributed by atoms with Crippen LogP contribution in [-0.4, -0.2) is 39.4 Å². The fourth-order valence-corrected chi connectivity index (χ4v) is 2.57. The quantitative estimate of drug-likeness (QED) is 0.653. The summed E-state index contributed by atoms with van der Waals surface area (Å²) in [5.74, 6) is -0.364. The van der Waals surface area contributed by atoms with Crippen molar-refractivity contribution in [3.05, 3.63) is 0 Å². The molecule has 16 heavy (non-hydrogen) atoms. The Morgan fingerprint density at radius 2 is 1.75 bits per heavy atom. The van der Waals surface area contributed by atoms with Gasteiger partial charge in [-0.15, -0.1) is 0 Å². The second-order valence-corrected chi connectivity index (χ2v) is 5.31. The van der Waals surface area contributed by atoms with E-state index in [-0.39, 0.29) is 11.7 Å². The van der Waals surface area contributed by atoms with E-state index in [1.54, 1.807) is 0 Å². The predicted molar refractivity (Wildman–Crippen MR) is 59.8 cm³/mol. The molecule has 0 aromatic heterocycles. The Morgan fingerprint density at radius 3 is 2.19 bits per heavy atom. The lowest BCUT2D eigenvalue weighted by Gasteiger charge is -2.40. The van der Waals surface area contributed by atoms with E-state index >= 15 is 0 Å². The van der Waals surface area contributed by atoms with Crippen LogP contribution in [0.1, 0.15) is 33.6 Å². The van der Waals surface area contributed by atoms with Gasteiger partial charge in [-0.3, -0.25) is 4.79 Å². The minimum Gasteiger partial charge on any atom is -0.390 e. The summed E-state index contributed by atoms with van der Waals surface area (Å²) >= 11 is 0. The second kappa shape index (κ2) is 5.25. The topological polar surface area (TPSA) is 77.8 Å². The molecule has 0 bridgehead atoms. The number of aliphatic hydroxyl groups is 3. The van der Waals surface area contributed by atoms with E-state index < -0.39 is 24.2 Å². The average Bonchev–Trinajstić information content (AvgIpc) is 2.18. The van der Waals surface area contributed by atoms with E-state index in [9.17, 15) is 20.1 Å². The molecule has 0 spiro atoms. The third-order valence-electron chi connectivity index (χ3n) is 3.45. The zero-order valence-corrected chi connectivity index (χ0v) is 10.1. The summed E-state index contributed by atoms with van der Waals surface area (Å²) < 4.78 is 0. The van der Waals surface area contributed by atoms with Crippen molar-refractivity contribution >= 4 is 5.78 Å². The highest BCUT2D eigenvalue weighted by molar-refractivity contribution is 5.79. The van der Waals surface area contributed by atoms with Crippen LogP contribution in [0.15, 0.2) is 0 Å². The van der Waals surface area contributed by atoms with Crippen molar-refractivity contribution in [2.24, 2.45) is 17.8 Å². The molecule has 1 saturated carbocycles. The number of ketones is 1. The van der Waals surface area contributed by atoms with Crippen molar-refractivity contribution in [2.75, 3.05) is 0 Å². The van der Waals surface area contributed by atoms with Crippen molar-refractivity contribution in [1.29, 1.82) is 0 Å². The van der Waals surface area contributed by atoms with E-state index in [0.717, 1.165) is 6.42 Å². The van der Waals surface area contributed by atoms with Gasteiger partial charge in [0, 0.05) is 5.92 Å². The number of Topliss-reactive ketones (excluding diaryl/α,β-unsaturated/α-hetero) is 1. The highest BCUT2D eigenvalue weighted by Gasteiger charge is 2.44. The SMILES string of the molecule is CC(=O)C1CC(CC(C)C)C(O)C(O)[C@@H]1O. The standard InChI is InChI=1S/C12H22O4/c1-6(2)4-8-5-9(7(3)13)11(15)12(16)10(8)14/h6,8-12,14-16H,4-5H2,1-3H3/t8?,9?,10?,11-,12?/m1/s1. The molecule has 0 saturated heterocycles. The molecule has 0 radical (unpaired) electrons. The molecule has 3 N–H and O–H groups in total. The van der Waals surface area contributed by atoms with E-state index in [2.05, 4.69) is 0 Å². The third-order valence-corrected chi connectivity index (χ3v) is 3.45. The lowest BCUT2D eigenvalue weighted by molar-refractivity contribution is -0.153. The number of carbonyl (C=O) groups excluding carboxylic acids is 1. The molecule has 4 heteroatoms. The fourth-order valence-electron chi connectivity index (χ4n) is 2.57. The van der Waals surface area contributed by atoms with Crippen LogP contribution in [0.5, 0.6) is 0 Å². The summed E-state index contributed by atoms with van der Waals surface area (Å²) in [5, 5.41) is 29.2. The van der Waals surface area contributed by atoms with Gasteiger partial charge < -0.3 is 15.3 Å². The molecule has 4 nitrogen and oxygen atoms in total. The van der Waals surface area contributed by atoms with Crippen molar-refractivity contribution in [2.45, 2.75) is 51.9 Å². The van der Waals surface area contributed by atoms with Crippen LogP contribution in [0, 0.1) is 17.8 Å². The lowest BCUT2D eigenvalue weighted by Crippen LogP contribution is -2.53. The third kappa shape index (κ3) is 2.81. The van der Waals surface area contributed by atoms with E-state index in [1.165, 1.54) is 6.92 Å². The van der Waals surface area contributed by atoms with Gasteiger partial charge in [-0.25, -0.2) is 0 Å². The normalized spacial score (nSPS) is 40.1. The molecule has 1 aliphatic carbocycles. The number of rotatable bonds is 3. The van der Waals surface area contributed by atoms with Crippen LogP contribution < -0.4 is 0 Å². The number of hydrogen-bond acceptors (Lipinski definition) is 4. The van der Waals surface area contributed by atoms with Gasteiger partial charge >= 0.3 is 0 Å². The minimum absolute atomic E-state index is 0.104. The number of carbonyl (C=O) groups is 1. The predicted octanol–water partition coefficient (Wildman–Crippen LogP) is 0.340. The van der Waals surface area contributed by atoms with Crippen LogP contribution >= 0.6 is 0 Å². The molecule has 4 unspecified atom stereocenters. The Balaban J connectivity index is 2.77. The van der Waals surface area contributed by atoms with Gasteiger partial charge in [-0.05, 0) is 31.6 Å². The van der Waals surface area contributed by atoms with E-state index in [4.69, 9.17) is 0 Å². The van der Waals surface area contributed by atoms with Gasteiger partial charge in [0.15, 0.2) is 0 Å². The molecule has 0 heterocycles. The maximum atomic E-state index is 11.3. The van der Waals surface area contributed by atoms with Crippen LogP contribution in [0.25, 0.3) is 0 Å². The molecule has 0 aromatic rings. The van der Waals surface area contributed by atoms with E-state index in [1.807, 2.05) is 13.8 Å². The molecule has 0 aromatic carbocycles. The van der Waals surface area contributed by atoms with Gasteiger partial charge in [0.05, 0.1) is 12.2 Å². The Morgan fingerprint density at radius 1 is 1.19 bits per heavy atom. The van der Waals surface area contributed by atoms with Gasteiger partial charge in [0.25, 0.3) is 0 Å². The largest absolute Gasteiger partial charge is 0.390 e. The zero-order chi connectivity index (χ0) is 12.5. The second-order valence-electron chi connectivity index (χ2n) is 5.31. The van der Waals surface area contributed by atoms with Crippen LogP contribution in [-0.2, 0) is 4.79 Å². The summed E-state index contributed by atoms with van der Waals surface area (Å²) in [7, 11) is 0. The lowest BCUT2D eigenvalue weighted by atomic mass is 9.72. The first kappa shape index (κ1) is 13.6. The van der Waals surface area contributed by atoms with Gasteiger partial charge in [0.1, 0.15) is 11.9 Å². The van der Waals surface area contributed by atoms with Crippen molar-refractivity contribution in [3.63, 3.8) is 0 Å². The molecule has 1 fully saturated rings. The number of hydrogen-bond donors (Lipinski definition) is 3. The summed E-state index contributed by atoms with van der Waals surface area (Å²) in [6, 6.07) is 0. The number of aliphatic hydroxyl groups excluding tert-OH is 3. The molecule has 94 valence electrons. The van der Waals surface area contributed by atoms with Crippen LogP contribution in [0.3, 0.4) is 0 Å². The van der Waals surface area contributed by atoms with Gasteiger partial charge in [-0.1, -0.05) is 13.8 Å². The van der Waals surface area contributed by atoms with Crippen molar-refractivity contribution < 1.29 is 20.1 Å². The zero-order valence-electron chi connectivity index (χ0n) is 10.1. The van der Waals surface area contributed by atoms with Crippen molar-refractivity contribution in [3.8, 4) is 0 Å². The van der Waals surface area contributed by atoms with Crippen LogP contribution in [0.4, 0.5) is 0 Å². The Labute approximate surface area is 96.3 Å². The monoisotopic (exact) mass is 230 g/mol. The van der Waals surface area contributed by atoms with Gasteiger partial charge in [0.2, 0.25) is 0 Å². The first-order valence-electron chi connectivity index (χ1n) is 5.89. The molecular formula is C12H22O4. The Kier molecular flexibility index (Phi) is 4.47. The van der Waals surface area contributed by atoms with E-state index in [0.29, 0.717) is 12.3 Å². The molecular weight excluding hydrogens is 208 g/mol. The maximum absolute atomic E-state index is 11.3.